The van der Waals surface area contributed by atoms with Crippen LogP contribution >= 0.6 is 0 Å². The van der Waals surface area contributed by atoms with Crippen LogP contribution in [0.1, 0.15) is 13.3 Å². The third-order valence-electron chi connectivity index (χ3n) is 1.65. The molecule has 0 saturated heterocycles. The van der Waals surface area contributed by atoms with Crippen molar-refractivity contribution < 1.29 is 39.5 Å². The summed E-state index contributed by atoms with van der Waals surface area (Å²) in [6.07, 6.45) is -8.55. The van der Waals surface area contributed by atoms with Gasteiger partial charge in [0.25, 0.3) is 0 Å². The topological polar surface area (TPSA) is 0 Å². The molecule has 0 aromatic rings. The van der Waals surface area contributed by atoms with Crippen molar-refractivity contribution in [2.75, 3.05) is 0 Å². The Morgan fingerprint density at radius 3 is 1.20 bits per heavy atom. The molecular formula is C6H5F9. The second kappa shape index (κ2) is 3.44. The van der Waals surface area contributed by atoms with Gasteiger partial charge in [-0.3, -0.25) is 0 Å². The standard InChI is InChI=1S/C6H5F9/c1-2-3(7,8)4(9,10)5(11,12)6(13,14)15/h2H2,1H3. The highest BCUT2D eigenvalue weighted by Crippen LogP contribution is 2.53. The van der Waals surface area contributed by atoms with E-state index in [1.54, 1.807) is 0 Å². The maximum absolute atomic E-state index is 12.3. The highest BCUT2D eigenvalue weighted by atomic mass is 19.4. The molecule has 0 aliphatic carbocycles. The van der Waals surface area contributed by atoms with Crippen molar-refractivity contribution in [1.82, 2.24) is 0 Å². The van der Waals surface area contributed by atoms with Crippen LogP contribution < -0.4 is 0 Å². The highest BCUT2D eigenvalue weighted by molar-refractivity contribution is 4.99. The predicted molar refractivity (Wildman–Crippen MR) is 31.2 cm³/mol. The van der Waals surface area contributed by atoms with E-state index in [1.807, 2.05) is 0 Å². The zero-order chi connectivity index (χ0) is 12.7. The molecule has 0 aromatic carbocycles. The Morgan fingerprint density at radius 2 is 1.00 bits per heavy atom. The van der Waals surface area contributed by atoms with E-state index in [0.717, 1.165) is 0 Å². The lowest BCUT2D eigenvalue weighted by Crippen LogP contribution is -2.60. The molecule has 0 radical (unpaired) electrons. The molecule has 0 heterocycles. The van der Waals surface area contributed by atoms with Crippen LogP contribution in [0.5, 0.6) is 0 Å². The smallest absolute Gasteiger partial charge is 0.200 e. The van der Waals surface area contributed by atoms with Gasteiger partial charge in [0.05, 0.1) is 0 Å². The zero-order valence-corrected chi connectivity index (χ0v) is 7.11. The van der Waals surface area contributed by atoms with Gasteiger partial charge in [0.2, 0.25) is 0 Å². The van der Waals surface area contributed by atoms with Crippen molar-refractivity contribution in [3.05, 3.63) is 0 Å². The lowest BCUT2D eigenvalue weighted by atomic mass is 10.0. The molecule has 0 aliphatic heterocycles. The van der Waals surface area contributed by atoms with Crippen LogP contribution in [0.2, 0.25) is 0 Å². The zero-order valence-electron chi connectivity index (χ0n) is 7.11. The Hall–Kier alpha value is -0.630. The monoisotopic (exact) mass is 248 g/mol. The maximum atomic E-state index is 12.3. The summed E-state index contributed by atoms with van der Waals surface area (Å²) in [5.74, 6) is -18.7. The van der Waals surface area contributed by atoms with E-state index in [2.05, 4.69) is 0 Å². The van der Waals surface area contributed by atoms with E-state index >= 15 is 0 Å². The van der Waals surface area contributed by atoms with Gasteiger partial charge in [0, 0.05) is 6.42 Å². The molecule has 0 amide bonds. The van der Waals surface area contributed by atoms with Gasteiger partial charge in [-0.2, -0.15) is 39.5 Å². The molecule has 9 heteroatoms. The molecule has 0 spiro atoms. The summed E-state index contributed by atoms with van der Waals surface area (Å²) >= 11 is 0. The summed E-state index contributed by atoms with van der Waals surface area (Å²) in [7, 11) is 0. The van der Waals surface area contributed by atoms with Crippen LogP contribution in [-0.4, -0.2) is 23.9 Å². The number of alkyl halides is 9. The third kappa shape index (κ3) is 2.00. The fourth-order valence-corrected chi connectivity index (χ4v) is 0.630. The average Bonchev–Trinajstić information content (AvgIpc) is 2.01. The first-order valence-corrected chi connectivity index (χ1v) is 3.51. The van der Waals surface area contributed by atoms with Gasteiger partial charge in [0.1, 0.15) is 0 Å². The van der Waals surface area contributed by atoms with Gasteiger partial charge in [-0.15, -0.1) is 0 Å². The van der Waals surface area contributed by atoms with E-state index in [1.165, 1.54) is 0 Å². The van der Waals surface area contributed by atoms with Crippen molar-refractivity contribution in [3.8, 4) is 0 Å². The second-order valence-corrected chi connectivity index (χ2v) is 2.70. The van der Waals surface area contributed by atoms with Crippen LogP contribution in [0.25, 0.3) is 0 Å². The van der Waals surface area contributed by atoms with Gasteiger partial charge < -0.3 is 0 Å². The highest BCUT2D eigenvalue weighted by Gasteiger charge is 2.81. The summed E-state index contributed by atoms with van der Waals surface area (Å²) in [6.45, 7) is 0.375. The fraction of sp³-hybridized carbons (Fsp3) is 1.00. The molecule has 15 heavy (non-hydrogen) atoms. The third-order valence-corrected chi connectivity index (χ3v) is 1.65. The SMILES string of the molecule is CCC(F)(F)C(F)(F)C(F)(F)C(F)(F)F. The number of halogens is 9. The molecule has 0 nitrogen and oxygen atoms in total. The van der Waals surface area contributed by atoms with E-state index in [0.29, 0.717) is 6.92 Å². The maximum Gasteiger partial charge on any atom is 0.460 e. The Kier molecular flexibility index (Phi) is 3.30. The van der Waals surface area contributed by atoms with Crippen molar-refractivity contribution in [2.24, 2.45) is 0 Å². The quantitative estimate of drug-likeness (QED) is 0.665. The molecule has 0 saturated carbocycles. The summed E-state index contributed by atoms with van der Waals surface area (Å²) < 4.78 is 107. The normalized spacial score (nSPS) is 15.6. The molecule has 0 N–H and O–H groups in total. The number of rotatable bonds is 3. The van der Waals surface area contributed by atoms with Crippen molar-refractivity contribution in [2.45, 2.75) is 37.3 Å². The van der Waals surface area contributed by atoms with Crippen LogP contribution in [0, 0.1) is 0 Å². The Labute approximate surface area is 78.1 Å². The molecule has 0 rings (SSSR count). The van der Waals surface area contributed by atoms with Gasteiger partial charge in [-0.05, 0) is 0 Å². The van der Waals surface area contributed by atoms with Crippen LogP contribution in [0.15, 0.2) is 0 Å². The minimum absolute atomic E-state index is 0.375. The summed E-state index contributed by atoms with van der Waals surface area (Å²) in [5.41, 5.74) is 0. The van der Waals surface area contributed by atoms with Crippen molar-refractivity contribution >= 4 is 0 Å². The van der Waals surface area contributed by atoms with E-state index in [9.17, 15) is 39.5 Å². The Balaban J connectivity index is 5.38. The van der Waals surface area contributed by atoms with Crippen LogP contribution in [-0.2, 0) is 0 Å². The summed E-state index contributed by atoms with van der Waals surface area (Å²) in [6, 6.07) is 0. The molecule has 0 atom stereocenters. The van der Waals surface area contributed by atoms with Crippen molar-refractivity contribution in [3.63, 3.8) is 0 Å². The van der Waals surface area contributed by atoms with E-state index in [4.69, 9.17) is 0 Å². The number of hydrogen-bond donors (Lipinski definition) is 0. The van der Waals surface area contributed by atoms with Gasteiger partial charge in [0.15, 0.2) is 0 Å². The first kappa shape index (κ1) is 14.4. The molecule has 0 aliphatic rings. The predicted octanol–water partition coefficient (Wildman–Crippen LogP) is 3.86. The Morgan fingerprint density at radius 1 is 0.667 bits per heavy atom. The molecular weight excluding hydrogens is 243 g/mol. The van der Waals surface area contributed by atoms with Gasteiger partial charge in [-0.1, -0.05) is 6.92 Å². The Bertz CT molecular complexity index is 225. The summed E-state index contributed by atoms with van der Waals surface area (Å²) in [5, 5.41) is 0. The first-order valence-electron chi connectivity index (χ1n) is 3.51. The van der Waals surface area contributed by atoms with Crippen LogP contribution in [0.4, 0.5) is 39.5 Å². The molecule has 0 fully saturated rings. The van der Waals surface area contributed by atoms with Crippen LogP contribution in [0.3, 0.4) is 0 Å². The fourth-order valence-electron chi connectivity index (χ4n) is 0.630. The minimum Gasteiger partial charge on any atom is -0.200 e. The molecule has 0 bridgehead atoms. The number of hydrogen-bond acceptors (Lipinski definition) is 0. The lowest BCUT2D eigenvalue weighted by Gasteiger charge is -2.33. The largest absolute Gasteiger partial charge is 0.460 e. The van der Waals surface area contributed by atoms with Gasteiger partial charge >= 0.3 is 23.9 Å². The minimum atomic E-state index is -6.76. The summed E-state index contributed by atoms with van der Waals surface area (Å²) in [4.78, 5) is 0. The average molecular weight is 248 g/mol. The molecule has 0 unspecified atom stereocenters. The lowest BCUT2D eigenvalue weighted by molar-refractivity contribution is -0.396. The first-order chi connectivity index (χ1) is 6.31. The van der Waals surface area contributed by atoms with E-state index in [-0.39, 0.29) is 0 Å². The van der Waals surface area contributed by atoms with Gasteiger partial charge in [-0.25, -0.2) is 0 Å². The molecule has 92 valence electrons. The van der Waals surface area contributed by atoms with E-state index < -0.39 is 30.4 Å². The molecule has 0 aromatic heterocycles. The second-order valence-electron chi connectivity index (χ2n) is 2.70. The van der Waals surface area contributed by atoms with Crippen molar-refractivity contribution in [1.29, 1.82) is 0 Å².